The summed E-state index contributed by atoms with van der Waals surface area (Å²) in [4.78, 5) is 11.5. The monoisotopic (exact) mass is 264 g/mol. The Bertz CT molecular complexity index is 556. The van der Waals surface area contributed by atoms with Crippen LogP contribution in [0.4, 0.5) is 0 Å². The van der Waals surface area contributed by atoms with E-state index in [0.29, 0.717) is 22.9 Å². The fraction of sp³-hybridized carbons (Fsp3) is 0.273. The molecule has 2 aromatic rings. The second kappa shape index (κ2) is 5.80. The molecule has 0 aliphatic rings. The Kier molecular flexibility index (Phi) is 3.91. The van der Waals surface area contributed by atoms with Crippen LogP contribution in [0.3, 0.4) is 0 Å². The summed E-state index contributed by atoms with van der Waals surface area (Å²) in [6.45, 7) is 0.164. The largest absolute Gasteiger partial charge is 0.496 e. The molecule has 100 valence electrons. The number of carbonyl (C=O) groups is 1. The lowest BCUT2D eigenvalue weighted by Gasteiger charge is -2.09. The Morgan fingerprint density at radius 1 is 1.37 bits per heavy atom. The molecule has 8 heteroatoms. The molecule has 0 saturated heterocycles. The van der Waals surface area contributed by atoms with E-state index < -0.39 is 5.97 Å². The first-order valence-corrected chi connectivity index (χ1v) is 5.36. The predicted octanol–water partition coefficient (Wildman–Crippen LogP) is 0.574. The van der Waals surface area contributed by atoms with Gasteiger partial charge in [-0.05, 0) is 12.1 Å². The number of benzene rings is 1. The van der Waals surface area contributed by atoms with E-state index in [1.807, 2.05) is 0 Å². The number of aromatic nitrogens is 4. The summed E-state index contributed by atoms with van der Waals surface area (Å²) in [5, 5.41) is 13.2. The molecule has 0 amide bonds. The number of tetrazole rings is 1. The van der Waals surface area contributed by atoms with Gasteiger partial charge in [-0.3, -0.25) is 0 Å². The van der Waals surface area contributed by atoms with Crippen molar-refractivity contribution in [2.45, 2.75) is 6.61 Å². The van der Waals surface area contributed by atoms with Crippen LogP contribution in [0.1, 0.15) is 16.2 Å². The van der Waals surface area contributed by atoms with Crippen LogP contribution < -0.4 is 9.47 Å². The van der Waals surface area contributed by atoms with Crippen LogP contribution in [-0.4, -0.2) is 40.8 Å². The molecule has 0 atom stereocenters. The summed E-state index contributed by atoms with van der Waals surface area (Å²) in [5.74, 6) is 0.851. The molecular weight excluding hydrogens is 252 g/mol. The quantitative estimate of drug-likeness (QED) is 0.788. The molecule has 0 bridgehead atoms. The number of carbonyl (C=O) groups excluding carboxylic acids is 1. The van der Waals surface area contributed by atoms with Crippen LogP contribution in [0.2, 0.25) is 0 Å². The van der Waals surface area contributed by atoms with Crippen molar-refractivity contribution < 1.29 is 19.0 Å². The van der Waals surface area contributed by atoms with E-state index >= 15 is 0 Å². The van der Waals surface area contributed by atoms with Gasteiger partial charge in [-0.25, -0.2) is 4.79 Å². The van der Waals surface area contributed by atoms with E-state index in [9.17, 15) is 4.79 Å². The van der Waals surface area contributed by atoms with Gasteiger partial charge in [0.25, 0.3) is 0 Å². The number of esters is 1. The number of methoxy groups -OCH3 is 2. The van der Waals surface area contributed by atoms with Crippen molar-refractivity contribution in [2.24, 2.45) is 0 Å². The van der Waals surface area contributed by atoms with Crippen molar-refractivity contribution in [3.63, 3.8) is 0 Å². The van der Waals surface area contributed by atoms with Crippen LogP contribution in [0, 0.1) is 0 Å². The van der Waals surface area contributed by atoms with E-state index in [1.165, 1.54) is 14.2 Å². The zero-order chi connectivity index (χ0) is 13.7. The van der Waals surface area contributed by atoms with Gasteiger partial charge in [0.2, 0.25) is 5.82 Å². The average Bonchev–Trinajstić information content (AvgIpc) is 2.97. The lowest BCUT2D eigenvalue weighted by atomic mass is 10.2. The smallest absolute Gasteiger partial charge is 0.341 e. The molecule has 2 rings (SSSR count). The fourth-order valence-corrected chi connectivity index (χ4v) is 1.43. The van der Waals surface area contributed by atoms with Crippen LogP contribution in [0.5, 0.6) is 11.5 Å². The molecule has 1 N–H and O–H groups in total. The molecule has 0 spiro atoms. The molecule has 0 unspecified atom stereocenters. The molecule has 0 saturated carbocycles. The first kappa shape index (κ1) is 12.8. The highest BCUT2D eigenvalue weighted by Gasteiger charge is 2.13. The molecule has 1 heterocycles. The van der Waals surface area contributed by atoms with Gasteiger partial charge in [-0.1, -0.05) is 5.21 Å². The van der Waals surface area contributed by atoms with Crippen molar-refractivity contribution in [1.29, 1.82) is 0 Å². The minimum absolute atomic E-state index is 0.164. The van der Waals surface area contributed by atoms with Gasteiger partial charge in [0.1, 0.15) is 17.1 Å². The Labute approximate surface area is 108 Å². The standard InChI is InChI=1S/C11H12N4O4/c1-17-9-5-7(3-4-8(9)11(16)18-2)19-6-10-12-14-15-13-10/h3-5H,6H2,1-2H3,(H,12,13,14,15). The third-order valence-electron chi connectivity index (χ3n) is 2.34. The summed E-state index contributed by atoms with van der Waals surface area (Å²) in [6, 6.07) is 4.79. The first-order chi connectivity index (χ1) is 9.24. The zero-order valence-corrected chi connectivity index (χ0v) is 10.4. The number of H-pyrrole nitrogens is 1. The van der Waals surface area contributed by atoms with Crippen LogP contribution in [0.15, 0.2) is 18.2 Å². The maximum Gasteiger partial charge on any atom is 0.341 e. The Morgan fingerprint density at radius 3 is 2.84 bits per heavy atom. The van der Waals surface area contributed by atoms with Crippen molar-refractivity contribution >= 4 is 5.97 Å². The minimum atomic E-state index is -0.471. The number of ether oxygens (including phenoxy) is 3. The van der Waals surface area contributed by atoms with Crippen LogP contribution in [-0.2, 0) is 11.3 Å². The number of nitrogens with one attached hydrogen (secondary N) is 1. The van der Waals surface area contributed by atoms with E-state index in [1.54, 1.807) is 18.2 Å². The normalized spacial score (nSPS) is 10.0. The number of hydrogen-bond donors (Lipinski definition) is 1. The van der Waals surface area contributed by atoms with Crippen LogP contribution >= 0.6 is 0 Å². The average molecular weight is 264 g/mol. The third-order valence-corrected chi connectivity index (χ3v) is 2.34. The highest BCUT2D eigenvalue weighted by Crippen LogP contribution is 2.25. The van der Waals surface area contributed by atoms with Gasteiger partial charge in [0.05, 0.1) is 14.2 Å². The van der Waals surface area contributed by atoms with Crippen molar-refractivity contribution in [2.75, 3.05) is 14.2 Å². The highest BCUT2D eigenvalue weighted by molar-refractivity contribution is 5.92. The Balaban J connectivity index is 2.12. The molecule has 8 nitrogen and oxygen atoms in total. The lowest BCUT2D eigenvalue weighted by Crippen LogP contribution is -2.05. The topological polar surface area (TPSA) is 99.2 Å². The van der Waals surface area contributed by atoms with E-state index in [-0.39, 0.29) is 6.61 Å². The van der Waals surface area contributed by atoms with Gasteiger partial charge in [-0.2, -0.15) is 5.21 Å². The van der Waals surface area contributed by atoms with Gasteiger partial charge in [0.15, 0.2) is 6.61 Å². The number of nitrogens with zero attached hydrogens (tertiary/aromatic N) is 3. The maximum atomic E-state index is 11.5. The zero-order valence-electron chi connectivity index (χ0n) is 10.4. The molecule has 0 aliphatic carbocycles. The number of rotatable bonds is 5. The van der Waals surface area contributed by atoms with Gasteiger partial charge >= 0.3 is 5.97 Å². The summed E-state index contributed by atoms with van der Waals surface area (Å²) >= 11 is 0. The molecule has 1 aromatic heterocycles. The summed E-state index contributed by atoms with van der Waals surface area (Å²) in [6.07, 6.45) is 0. The maximum absolute atomic E-state index is 11.5. The van der Waals surface area contributed by atoms with Crippen molar-refractivity contribution in [3.05, 3.63) is 29.6 Å². The third kappa shape index (κ3) is 2.97. The molecular formula is C11H12N4O4. The van der Waals surface area contributed by atoms with Gasteiger partial charge in [0, 0.05) is 6.07 Å². The summed E-state index contributed by atoms with van der Waals surface area (Å²) in [7, 11) is 2.77. The Morgan fingerprint density at radius 2 is 2.21 bits per heavy atom. The fourth-order valence-electron chi connectivity index (χ4n) is 1.43. The SMILES string of the molecule is COC(=O)c1ccc(OCc2nn[nH]n2)cc1OC. The Hall–Kier alpha value is -2.64. The molecule has 19 heavy (non-hydrogen) atoms. The molecule has 0 fully saturated rings. The van der Waals surface area contributed by atoms with Crippen molar-refractivity contribution in [3.8, 4) is 11.5 Å². The molecule has 0 aliphatic heterocycles. The molecule has 1 aromatic carbocycles. The first-order valence-electron chi connectivity index (χ1n) is 5.36. The van der Waals surface area contributed by atoms with E-state index in [4.69, 9.17) is 9.47 Å². The van der Waals surface area contributed by atoms with Crippen LogP contribution in [0.25, 0.3) is 0 Å². The second-order valence-electron chi connectivity index (χ2n) is 3.47. The van der Waals surface area contributed by atoms with E-state index in [0.717, 1.165) is 0 Å². The minimum Gasteiger partial charge on any atom is -0.496 e. The van der Waals surface area contributed by atoms with E-state index in [2.05, 4.69) is 25.4 Å². The highest BCUT2D eigenvalue weighted by atomic mass is 16.5. The summed E-state index contributed by atoms with van der Waals surface area (Å²) < 4.78 is 15.2. The second-order valence-corrected chi connectivity index (χ2v) is 3.47. The molecule has 0 radical (unpaired) electrons. The lowest BCUT2D eigenvalue weighted by molar-refractivity contribution is 0.0597. The summed E-state index contributed by atoms with van der Waals surface area (Å²) in [5.41, 5.74) is 0.330. The number of hydrogen-bond acceptors (Lipinski definition) is 7. The van der Waals surface area contributed by atoms with Crippen molar-refractivity contribution in [1.82, 2.24) is 20.6 Å². The van der Waals surface area contributed by atoms with Gasteiger partial charge < -0.3 is 14.2 Å². The predicted molar refractivity (Wildman–Crippen MR) is 62.8 cm³/mol. The van der Waals surface area contributed by atoms with Gasteiger partial charge in [-0.15, -0.1) is 10.2 Å². The number of aromatic amines is 1.